The average Bonchev–Trinajstić information content (AvgIpc) is 2.25. The summed E-state index contributed by atoms with van der Waals surface area (Å²) in [4.78, 5) is 24.2. The van der Waals surface area contributed by atoms with Crippen molar-refractivity contribution in [2.45, 2.75) is 38.9 Å². The Morgan fingerprint density at radius 2 is 1.80 bits per heavy atom. The van der Waals surface area contributed by atoms with Crippen LogP contribution in [0.4, 0.5) is 4.79 Å². The van der Waals surface area contributed by atoms with Gasteiger partial charge in [0.15, 0.2) is 0 Å². The number of rotatable bonds is 0. The maximum absolute atomic E-state index is 11.9. The van der Waals surface area contributed by atoms with Gasteiger partial charge in [0.1, 0.15) is 11.2 Å². The van der Waals surface area contributed by atoms with Crippen LogP contribution in [0.3, 0.4) is 0 Å². The number of carbonyl (C=O) groups is 2. The van der Waals surface area contributed by atoms with Crippen molar-refractivity contribution in [2.24, 2.45) is 0 Å². The summed E-state index contributed by atoms with van der Waals surface area (Å²) in [5.74, 6) is -0.484. The molecule has 0 spiro atoms. The van der Waals surface area contributed by atoms with Crippen LogP contribution in [-0.4, -0.2) is 45.5 Å². The van der Waals surface area contributed by atoms with Crippen molar-refractivity contribution in [2.75, 3.05) is 7.11 Å². The number of imide groups is 1. The molecule has 0 aromatic heterocycles. The van der Waals surface area contributed by atoms with Crippen LogP contribution in [0.5, 0.6) is 0 Å². The lowest BCUT2D eigenvalue weighted by Crippen LogP contribution is -2.51. The van der Waals surface area contributed by atoms with Gasteiger partial charge < -0.3 is 9.94 Å². The van der Waals surface area contributed by atoms with Crippen LogP contribution in [0.15, 0.2) is 0 Å². The maximum Gasteiger partial charge on any atom is 0.417 e. The van der Waals surface area contributed by atoms with E-state index in [1.807, 2.05) is 0 Å². The number of amides is 2. The fourth-order valence-electron chi connectivity index (χ4n) is 1.79. The topological polar surface area (TPSA) is 70.1 Å². The molecule has 0 radical (unpaired) electrons. The van der Waals surface area contributed by atoms with E-state index in [1.165, 1.54) is 7.11 Å². The molecule has 0 aromatic rings. The molecule has 0 saturated carbocycles. The standard InChI is InChI=1S/C9H16N2O4/c1-8(2)6(12)10(7(13)15-5)9(3,4)11(8)14/h14H,1-5H3. The van der Waals surface area contributed by atoms with E-state index < -0.39 is 23.2 Å². The first-order valence-electron chi connectivity index (χ1n) is 4.59. The molecule has 6 heteroatoms. The second kappa shape index (κ2) is 3.18. The fraction of sp³-hybridized carbons (Fsp3) is 0.778. The summed E-state index contributed by atoms with van der Waals surface area (Å²) in [6, 6.07) is 0. The van der Waals surface area contributed by atoms with Gasteiger partial charge >= 0.3 is 6.09 Å². The van der Waals surface area contributed by atoms with Gasteiger partial charge in [-0.1, -0.05) is 0 Å². The molecule has 1 N–H and O–H groups in total. The summed E-state index contributed by atoms with van der Waals surface area (Å²) < 4.78 is 4.51. The van der Waals surface area contributed by atoms with Crippen LogP contribution in [0.2, 0.25) is 0 Å². The number of ether oxygens (including phenoxy) is 1. The Kier molecular flexibility index (Phi) is 2.53. The highest BCUT2D eigenvalue weighted by atomic mass is 16.6. The lowest BCUT2D eigenvalue weighted by Gasteiger charge is -2.33. The predicted octanol–water partition coefficient (Wildman–Crippen LogP) is 0.801. The predicted molar refractivity (Wildman–Crippen MR) is 51.0 cm³/mol. The minimum Gasteiger partial charge on any atom is -0.452 e. The van der Waals surface area contributed by atoms with Crippen molar-refractivity contribution in [1.82, 2.24) is 9.96 Å². The molecular weight excluding hydrogens is 200 g/mol. The number of hydrogen-bond acceptors (Lipinski definition) is 5. The second-order valence-electron chi connectivity index (χ2n) is 4.48. The van der Waals surface area contributed by atoms with Crippen LogP contribution >= 0.6 is 0 Å². The molecule has 1 saturated heterocycles. The molecule has 2 amide bonds. The molecule has 0 aliphatic carbocycles. The number of hydrogen-bond donors (Lipinski definition) is 1. The zero-order valence-electron chi connectivity index (χ0n) is 9.57. The minimum absolute atomic E-state index is 0.484. The maximum atomic E-state index is 11.9. The van der Waals surface area contributed by atoms with Crippen LogP contribution in [0.25, 0.3) is 0 Å². The minimum atomic E-state index is -1.13. The molecule has 1 aliphatic heterocycles. The number of hydroxylamine groups is 2. The lowest BCUT2D eigenvalue weighted by molar-refractivity contribution is -0.206. The fourth-order valence-corrected chi connectivity index (χ4v) is 1.79. The van der Waals surface area contributed by atoms with Crippen molar-refractivity contribution in [3.63, 3.8) is 0 Å². The second-order valence-corrected chi connectivity index (χ2v) is 4.48. The Morgan fingerprint density at radius 1 is 1.33 bits per heavy atom. The quantitative estimate of drug-likeness (QED) is 0.648. The van der Waals surface area contributed by atoms with E-state index in [0.29, 0.717) is 0 Å². The van der Waals surface area contributed by atoms with Gasteiger partial charge in [0.05, 0.1) is 7.11 Å². The van der Waals surface area contributed by atoms with Crippen LogP contribution in [-0.2, 0) is 9.53 Å². The molecule has 86 valence electrons. The molecule has 0 aromatic carbocycles. The molecule has 1 aliphatic rings. The summed E-state index contributed by atoms with van der Waals surface area (Å²) in [5, 5.41) is 10.7. The van der Waals surface area contributed by atoms with E-state index in [4.69, 9.17) is 0 Å². The third kappa shape index (κ3) is 1.40. The zero-order chi connectivity index (χ0) is 12.0. The summed E-state index contributed by atoms with van der Waals surface area (Å²) >= 11 is 0. The molecule has 1 heterocycles. The summed E-state index contributed by atoms with van der Waals surface area (Å²) in [7, 11) is 1.19. The third-order valence-electron chi connectivity index (χ3n) is 2.68. The highest BCUT2D eigenvalue weighted by molar-refractivity contribution is 5.99. The Bertz CT molecular complexity index is 311. The van der Waals surface area contributed by atoms with Gasteiger partial charge in [-0.3, -0.25) is 4.79 Å². The summed E-state index contributed by atoms with van der Waals surface area (Å²) in [6.45, 7) is 6.22. The van der Waals surface area contributed by atoms with Gasteiger partial charge in [-0.25, -0.2) is 9.69 Å². The van der Waals surface area contributed by atoms with E-state index in [0.717, 1.165) is 9.96 Å². The van der Waals surface area contributed by atoms with Crippen LogP contribution in [0, 0.1) is 0 Å². The van der Waals surface area contributed by atoms with Gasteiger partial charge in [0, 0.05) is 0 Å². The lowest BCUT2D eigenvalue weighted by atomic mass is 10.1. The summed E-state index contributed by atoms with van der Waals surface area (Å²) in [6.07, 6.45) is -0.769. The molecule has 0 bridgehead atoms. The largest absolute Gasteiger partial charge is 0.452 e. The first-order valence-corrected chi connectivity index (χ1v) is 4.59. The van der Waals surface area contributed by atoms with Gasteiger partial charge in [0.25, 0.3) is 5.91 Å². The van der Waals surface area contributed by atoms with Crippen LogP contribution in [0.1, 0.15) is 27.7 Å². The molecule has 15 heavy (non-hydrogen) atoms. The molecule has 1 fully saturated rings. The van der Waals surface area contributed by atoms with Gasteiger partial charge in [-0.05, 0) is 27.7 Å². The van der Waals surface area contributed by atoms with Crippen molar-refractivity contribution in [3.05, 3.63) is 0 Å². The average molecular weight is 216 g/mol. The van der Waals surface area contributed by atoms with E-state index in [1.54, 1.807) is 27.7 Å². The number of nitrogens with zero attached hydrogens (tertiary/aromatic N) is 2. The monoisotopic (exact) mass is 216 g/mol. The van der Waals surface area contributed by atoms with Crippen LogP contribution < -0.4 is 0 Å². The smallest absolute Gasteiger partial charge is 0.417 e. The number of methoxy groups -OCH3 is 1. The Balaban J connectivity index is 3.20. The molecule has 0 unspecified atom stereocenters. The zero-order valence-corrected chi connectivity index (χ0v) is 9.57. The van der Waals surface area contributed by atoms with E-state index in [9.17, 15) is 14.8 Å². The van der Waals surface area contributed by atoms with Crippen molar-refractivity contribution in [1.29, 1.82) is 0 Å². The van der Waals surface area contributed by atoms with Crippen molar-refractivity contribution < 1.29 is 19.5 Å². The normalized spacial score (nSPS) is 24.4. The Morgan fingerprint density at radius 3 is 2.07 bits per heavy atom. The van der Waals surface area contributed by atoms with E-state index >= 15 is 0 Å². The summed E-state index contributed by atoms with van der Waals surface area (Å²) in [5.41, 5.74) is -2.23. The van der Waals surface area contributed by atoms with Gasteiger partial charge in [0.2, 0.25) is 0 Å². The van der Waals surface area contributed by atoms with Gasteiger partial charge in [-0.2, -0.15) is 5.06 Å². The van der Waals surface area contributed by atoms with E-state index in [-0.39, 0.29) is 0 Å². The molecular formula is C9H16N2O4. The van der Waals surface area contributed by atoms with Gasteiger partial charge in [-0.15, -0.1) is 0 Å². The SMILES string of the molecule is COC(=O)N1C(=O)C(C)(C)N(O)C1(C)C. The highest BCUT2D eigenvalue weighted by Crippen LogP contribution is 2.36. The highest BCUT2D eigenvalue weighted by Gasteiger charge is 2.59. The molecule has 1 rings (SSSR count). The Labute approximate surface area is 88.4 Å². The number of carbonyl (C=O) groups excluding carboxylic acids is 2. The van der Waals surface area contributed by atoms with E-state index in [2.05, 4.69) is 4.74 Å². The molecule has 0 atom stereocenters. The first-order chi connectivity index (χ1) is 6.67. The van der Waals surface area contributed by atoms with Crippen molar-refractivity contribution >= 4 is 12.0 Å². The Hall–Kier alpha value is -1.14. The van der Waals surface area contributed by atoms with Crippen molar-refractivity contribution in [3.8, 4) is 0 Å². The molecule has 6 nitrogen and oxygen atoms in total. The third-order valence-corrected chi connectivity index (χ3v) is 2.68. The first kappa shape index (κ1) is 11.9.